The van der Waals surface area contributed by atoms with Gasteiger partial charge in [-0.05, 0) is 20.8 Å². The van der Waals surface area contributed by atoms with Crippen LogP contribution in [-0.4, -0.2) is 24.8 Å². The fourth-order valence-electron chi connectivity index (χ4n) is 1.68. The van der Waals surface area contributed by atoms with Gasteiger partial charge >= 0.3 is 58.4 Å². The molecule has 0 unspecified atom stereocenters. The molecule has 1 rings (SSSR count). The topological polar surface area (TPSA) is 21.3 Å². The third-order valence-electron chi connectivity index (χ3n) is 2.10. The monoisotopic (exact) mass is 235 g/mol. The van der Waals surface area contributed by atoms with Gasteiger partial charge in [0.1, 0.15) is 5.72 Å². The third kappa shape index (κ3) is 4.96. The Morgan fingerprint density at radius 1 is 1.36 bits per heavy atom. The molecule has 0 aromatic heterocycles. The number of rotatable bonds is 2. The van der Waals surface area contributed by atoms with E-state index in [1.807, 2.05) is 0 Å². The predicted molar refractivity (Wildman–Crippen MR) is 45.4 cm³/mol. The van der Waals surface area contributed by atoms with Crippen molar-refractivity contribution in [3.05, 3.63) is 0 Å². The molecule has 1 N–H and O–H groups in total. The largest absolute Gasteiger partial charge is 1.00 e. The Labute approximate surface area is 125 Å². The van der Waals surface area contributed by atoms with Crippen molar-refractivity contribution in [2.75, 3.05) is 0 Å². The van der Waals surface area contributed by atoms with Gasteiger partial charge in [-0.3, -0.25) is 5.32 Å². The molecule has 2 atom stereocenters. The van der Waals surface area contributed by atoms with Crippen LogP contribution in [0, 0.1) is 0 Å². The SMILES string of the molecule is C[C@H]1OC(C)(C)N[C@@H]1C[B-](F)(F)F.[K+]. The van der Waals surface area contributed by atoms with E-state index in [2.05, 4.69) is 5.32 Å². The average molecular weight is 235 g/mol. The minimum absolute atomic E-state index is 0. The predicted octanol–water partition coefficient (Wildman–Crippen LogP) is -1.05. The van der Waals surface area contributed by atoms with E-state index in [4.69, 9.17) is 4.74 Å². The molecule has 1 aliphatic rings. The van der Waals surface area contributed by atoms with Crippen LogP contribution in [0.5, 0.6) is 0 Å². The molecule has 0 spiro atoms. The summed E-state index contributed by atoms with van der Waals surface area (Å²) in [4.78, 5) is 0. The molecule has 0 aromatic rings. The van der Waals surface area contributed by atoms with Crippen LogP contribution >= 0.6 is 0 Å². The number of nitrogens with one attached hydrogen (secondary N) is 1. The maximum absolute atomic E-state index is 12.1. The summed E-state index contributed by atoms with van der Waals surface area (Å²) in [6.45, 7) is 0.387. The molecular formula is C7H14BF3KNO. The fourth-order valence-corrected chi connectivity index (χ4v) is 1.68. The Kier molecular flexibility index (Phi) is 5.68. The van der Waals surface area contributed by atoms with Crippen LogP contribution in [0.25, 0.3) is 0 Å². The molecule has 1 saturated heterocycles. The van der Waals surface area contributed by atoms with E-state index in [0.717, 1.165) is 0 Å². The summed E-state index contributed by atoms with van der Waals surface area (Å²) in [5.74, 6) is 0. The first-order valence-electron chi connectivity index (χ1n) is 4.36. The molecule has 0 bridgehead atoms. The maximum Gasteiger partial charge on any atom is 1.00 e. The second kappa shape index (κ2) is 5.16. The first-order chi connectivity index (χ1) is 5.70. The van der Waals surface area contributed by atoms with E-state index >= 15 is 0 Å². The number of hydrogen-bond donors (Lipinski definition) is 1. The van der Waals surface area contributed by atoms with Gasteiger partial charge in [0, 0.05) is 6.04 Å². The van der Waals surface area contributed by atoms with Crippen molar-refractivity contribution >= 4 is 6.98 Å². The van der Waals surface area contributed by atoms with Crippen molar-refractivity contribution in [1.29, 1.82) is 0 Å². The van der Waals surface area contributed by atoms with Gasteiger partial charge in [0.05, 0.1) is 6.10 Å². The third-order valence-corrected chi connectivity index (χ3v) is 2.10. The Bertz CT molecular complexity index is 200. The van der Waals surface area contributed by atoms with Crippen LogP contribution in [0.1, 0.15) is 20.8 Å². The van der Waals surface area contributed by atoms with Crippen LogP contribution in [0.2, 0.25) is 6.32 Å². The minimum Gasteiger partial charge on any atom is -0.449 e. The summed E-state index contributed by atoms with van der Waals surface area (Å²) in [6.07, 6.45) is -1.15. The van der Waals surface area contributed by atoms with Gasteiger partial charge in [0.25, 0.3) is 0 Å². The summed E-state index contributed by atoms with van der Waals surface area (Å²) >= 11 is 0. The van der Waals surface area contributed by atoms with Crippen molar-refractivity contribution in [3.63, 3.8) is 0 Å². The second-order valence-electron chi connectivity index (χ2n) is 4.03. The van der Waals surface area contributed by atoms with Crippen molar-refractivity contribution in [3.8, 4) is 0 Å². The number of halogens is 3. The summed E-state index contributed by atoms with van der Waals surface area (Å²) in [5.41, 5.74) is -0.634. The molecule has 1 heterocycles. The molecule has 0 aliphatic carbocycles. The molecule has 0 amide bonds. The normalized spacial score (nSPS) is 31.3. The van der Waals surface area contributed by atoms with E-state index in [9.17, 15) is 12.9 Å². The zero-order valence-electron chi connectivity index (χ0n) is 8.98. The molecule has 2 nitrogen and oxygen atoms in total. The van der Waals surface area contributed by atoms with E-state index in [1.165, 1.54) is 0 Å². The molecule has 0 saturated carbocycles. The first-order valence-corrected chi connectivity index (χ1v) is 4.36. The Morgan fingerprint density at radius 2 is 1.86 bits per heavy atom. The van der Waals surface area contributed by atoms with Crippen molar-refractivity contribution in [2.24, 2.45) is 0 Å². The maximum atomic E-state index is 12.1. The molecule has 78 valence electrons. The van der Waals surface area contributed by atoms with Gasteiger partial charge in [-0.25, -0.2) is 0 Å². The number of ether oxygens (including phenoxy) is 1. The molecule has 1 fully saturated rings. The van der Waals surface area contributed by atoms with E-state index in [0.29, 0.717) is 0 Å². The Balaban J connectivity index is 0.00000169. The summed E-state index contributed by atoms with van der Waals surface area (Å²) < 4.78 is 41.6. The van der Waals surface area contributed by atoms with Gasteiger partial charge in [-0.1, -0.05) is 6.32 Å². The van der Waals surface area contributed by atoms with Crippen LogP contribution in [-0.2, 0) is 4.74 Å². The number of hydrogen-bond acceptors (Lipinski definition) is 2. The quantitative estimate of drug-likeness (QED) is 0.617. The van der Waals surface area contributed by atoms with Crippen LogP contribution in [0.15, 0.2) is 0 Å². The van der Waals surface area contributed by atoms with E-state index in [-0.39, 0.29) is 57.5 Å². The average Bonchev–Trinajstić information content (AvgIpc) is 2.00. The van der Waals surface area contributed by atoms with Gasteiger partial charge < -0.3 is 17.7 Å². The zero-order chi connectivity index (χ0) is 10.3. The minimum atomic E-state index is -4.73. The van der Waals surface area contributed by atoms with E-state index < -0.39 is 25.1 Å². The van der Waals surface area contributed by atoms with Crippen molar-refractivity contribution in [2.45, 2.75) is 45.0 Å². The molecule has 0 radical (unpaired) electrons. The molecule has 1 aliphatic heterocycles. The standard InChI is InChI=1S/C7H14BF3NO.K/c1-5-6(4-8(9,10)11)12-7(2,3)13-5;/h5-6,12H,4H2,1-3H3;/q-1;+1/t5-,6-;/m1./s1. The smallest absolute Gasteiger partial charge is 0.449 e. The molecular weight excluding hydrogens is 221 g/mol. The fraction of sp³-hybridized carbons (Fsp3) is 1.00. The summed E-state index contributed by atoms with van der Waals surface area (Å²) in [6, 6.07) is -0.602. The van der Waals surface area contributed by atoms with Crippen molar-refractivity contribution < 1.29 is 69.1 Å². The summed E-state index contributed by atoms with van der Waals surface area (Å²) in [7, 11) is 0. The Morgan fingerprint density at radius 3 is 2.14 bits per heavy atom. The van der Waals surface area contributed by atoms with Crippen molar-refractivity contribution in [1.82, 2.24) is 5.32 Å². The second-order valence-corrected chi connectivity index (χ2v) is 4.03. The van der Waals surface area contributed by atoms with Gasteiger partial charge in [-0.15, -0.1) is 0 Å². The molecule has 7 heteroatoms. The van der Waals surface area contributed by atoms with E-state index in [1.54, 1.807) is 20.8 Å². The van der Waals surface area contributed by atoms with Gasteiger partial charge in [-0.2, -0.15) is 0 Å². The summed E-state index contributed by atoms with van der Waals surface area (Å²) in [5, 5.41) is 2.81. The zero-order valence-corrected chi connectivity index (χ0v) is 12.1. The van der Waals surface area contributed by atoms with Crippen LogP contribution in [0.4, 0.5) is 12.9 Å². The molecule has 14 heavy (non-hydrogen) atoms. The van der Waals surface area contributed by atoms with Gasteiger partial charge in [0.15, 0.2) is 0 Å². The van der Waals surface area contributed by atoms with Crippen LogP contribution < -0.4 is 56.7 Å². The molecule has 0 aromatic carbocycles. The Hall–Kier alpha value is 1.41. The van der Waals surface area contributed by atoms with Crippen LogP contribution in [0.3, 0.4) is 0 Å². The van der Waals surface area contributed by atoms with Gasteiger partial charge in [0.2, 0.25) is 0 Å². The first kappa shape index (κ1) is 15.4.